The lowest BCUT2D eigenvalue weighted by Crippen LogP contribution is -2.10. The number of benzene rings is 2. The fourth-order valence-electron chi connectivity index (χ4n) is 2.17. The fourth-order valence-corrected chi connectivity index (χ4v) is 2.17. The van der Waals surface area contributed by atoms with Crippen LogP contribution in [-0.2, 0) is 0 Å². The van der Waals surface area contributed by atoms with Gasteiger partial charge in [-0.1, -0.05) is 37.3 Å². The molecule has 0 bridgehead atoms. The van der Waals surface area contributed by atoms with Gasteiger partial charge in [-0.25, -0.2) is 0 Å². The second kappa shape index (κ2) is 6.02. The summed E-state index contributed by atoms with van der Waals surface area (Å²) < 4.78 is 0. The molecule has 2 aromatic rings. The first kappa shape index (κ1) is 14.5. The average molecular weight is 267 g/mol. The molecule has 0 saturated heterocycles. The first-order chi connectivity index (χ1) is 9.52. The summed E-state index contributed by atoms with van der Waals surface area (Å²) in [6.07, 6.45) is 0. The van der Waals surface area contributed by atoms with Gasteiger partial charge in [0.1, 0.15) is 0 Å². The van der Waals surface area contributed by atoms with Crippen molar-refractivity contribution >= 4 is 5.78 Å². The van der Waals surface area contributed by atoms with Crippen molar-refractivity contribution in [2.45, 2.75) is 26.7 Å². The van der Waals surface area contributed by atoms with E-state index in [1.807, 2.05) is 56.3 Å². The molecule has 2 aromatic carbocycles. The van der Waals surface area contributed by atoms with E-state index >= 15 is 0 Å². The van der Waals surface area contributed by atoms with Gasteiger partial charge in [-0.2, -0.15) is 0 Å². The first-order valence-electron chi connectivity index (χ1n) is 6.95. The Morgan fingerprint density at radius 3 is 2.40 bits per heavy atom. The number of hydrogen-bond donors (Lipinski definition) is 1. The van der Waals surface area contributed by atoms with E-state index < -0.39 is 0 Å². The zero-order valence-corrected chi connectivity index (χ0v) is 12.3. The molecule has 0 heterocycles. The predicted molar refractivity (Wildman–Crippen MR) is 83.3 cm³/mol. The van der Waals surface area contributed by atoms with E-state index in [0.29, 0.717) is 6.54 Å². The number of aryl methyl sites for hydroxylation is 2. The van der Waals surface area contributed by atoms with Crippen molar-refractivity contribution in [1.29, 1.82) is 0 Å². The Morgan fingerprint density at radius 2 is 1.75 bits per heavy atom. The molecule has 1 unspecified atom stereocenters. The van der Waals surface area contributed by atoms with Crippen molar-refractivity contribution in [1.82, 2.24) is 0 Å². The number of rotatable bonds is 4. The van der Waals surface area contributed by atoms with Gasteiger partial charge >= 0.3 is 0 Å². The van der Waals surface area contributed by atoms with Gasteiger partial charge in [0, 0.05) is 11.1 Å². The summed E-state index contributed by atoms with van der Waals surface area (Å²) in [6, 6.07) is 13.6. The minimum Gasteiger partial charge on any atom is -0.330 e. The zero-order chi connectivity index (χ0) is 14.7. The van der Waals surface area contributed by atoms with Crippen molar-refractivity contribution in [3.8, 4) is 0 Å². The molecule has 2 heteroatoms. The van der Waals surface area contributed by atoms with Crippen molar-refractivity contribution in [3.05, 3.63) is 70.3 Å². The van der Waals surface area contributed by atoms with Crippen LogP contribution in [0.25, 0.3) is 0 Å². The molecule has 1 atom stereocenters. The molecular weight excluding hydrogens is 246 g/mol. The van der Waals surface area contributed by atoms with Gasteiger partial charge in [0.15, 0.2) is 5.78 Å². The molecule has 104 valence electrons. The number of ketones is 1. The van der Waals surface area contributed by atoms with Crippen LogP contribution in [0.5, 0.6) is 0 Å². The maximum Gasteiger partial charge on any atom is 0.193 e. The minimum absolute atomic E-state index is 0.0687. The lowest BCUT2D eigenvalue weighted by molar-refractivity contribution is 0.103. The van der Waals surface area contributed by atoms with E-state index in [2.05, 4.69) is 6.92 Å². The summed E-state index contributed by atoms with van der Waals surface area (Å²) in [5, 5.41) is 0. The van der Waals surface area contributed by atoms with Gasteiger partial charge in [-0.15, -0.1) is 0 Å². The first-order valence-corrected chi connectivity index (χ1v) is 6.95. The summed E-state index contributed by atoms with van der Waals surface area (Å²) in [6.45, 7) is 6.73. The standard InChI is InChI=1S/C18H21NO/c1-12-7-8-17(9-13(12)2)18(20)16-6-4-5-15(10-16)14(3)11-19/h4-10,14H,11,19H2,1-3H3. The molecule has 0 aliphatic heterocycles. The summed E-state index contributed by atoms with van der Waals surface area (Å²) in [7, 11) is 0. The van der Waals surface area contributed by atoms with Crippen molar-refractivity contribution in [3.63, 3.8) is 0 Å². The number of nitrogens with two attached hydrogens (primary N) is 1. The van der Waals surface area contributed by atoms with Gasteiger partial charge in [0.05, 0.1) is 0 Å². The Morgan fingerprint density at radius 1 is 1.05 bits per heavy atom. The van der Waals surface area contributed by atoms with Gasteiger partial charge in [0.25, 0.3) is 0 Å². The van der Waals surface area contributed by atoms with Crippen LogP contribution >= 0.6 is 0 Å². The summed E-state index contributed by atoms with van der Waals surface area (Å²) >= 11 is 0. The minimum atomic E-state index is 0.0687. The molecule has 2 rings (SSSR count). The Bertz CT molecular complexity index is 631. The second-order valence-corrected chi connectivity index (χ2v) is 5.39. The van der Waals surface area contributed by atoms with Crippen LogP contribution in [-0.4, -0.2) is 12.3 Å². The SMILES string of the molecule is Cc1ccc(C(=O)c2cccc(C(C)CN)c2)cc1C. The van der Waals surface area contributed by atoms with Crippen molar-refractivity contribution in [2.75, 3.05) is 6.54 Å². The molecule has 0 aromatic heterocycles. The van der Waals surface area contributed by atoms with Crippen LogP contribution in [0.4, 0.5) is 0 Å². The molecule has 2 N–H and O–H groups in total. The van der Waals surface area contributed by atoms with E-state index in [0.717, 1.165) is 22.3 Å². The lowest BCUT2D eigenvalue weighted by Gasteiger charge is -2.11. The third-order valence-electron chi connectivity index (χ3n) is 3.84. The Hall–Kier alpha value is -1.93. The van der Waals surface area contributed by atoms with Crippen molar-refractivity contribution in [2.24, 2.45) is 5.73 Å². The molecule has 0 spiro atoms. The highest BCUT2D eigenvalue weighted by Gasteiger charge is 2.12. The highest BCUT2D eigenvalue weighted by atomic mass is 16.1. The summed E-state index contributed by atoms with van der Waals surface area (Å²) in [5.41, 5.74) is 10.6. The predicted octanol–water partition coefficient (Wildman–Crippen LogP) is 3.60. The number of carbonyl (C=O) groups excluding carboxylic acids is 1. The quantitative estimate of drug-likeness (QED) is 0.860. The van der Waals surface area contributed by atoms with E-state index in [9.17, 15) is 4.79 Å². The molecule has 0 aliphatic carbocycles. The molecule has 0 amide bonds. The number of hydrogen-bond acceptors (Lipinski definition) is 2. The fraction of sp³-hybridized carbons (Fsp3) is 0.278. The van der Waals surface area contributed by atoms with E-state index in [1.54, 1.807) is 0 Å². The van der Waals surface area contributed by atoms with Crippen LogP contribution in [0.3, 0.4) is 0 Å². The summed E-state index contributed by atoms with van der Waals surface area (Å²) in [5.74, 6) is 0.335. The second-order valence-electron chi connectivity index (χ2n) is 5.39. The Labute approximate surface area is 120 Å². The topological polar surface area (TPSA) is 43.1 Å². The molecule has 0 radical (unpaired) electrons. The van der Waals surface area contributed by atoms with Crippen LogP contribution < -0.4 is 5.73 Å². The smallest absolute Gasteiger partial charge is 0.193 e. The van der Waals surface area contributed by atoms with Crippen molar-refractivity contribution < 1.29 is 4.79 Å². The average Bonchev–Trinajstić information content (AvgIpc) is 2.48. The molecule has 20 heavy (non-hydrogen) atoms. The largest absolute Gasteiger partial charge is 0.330 e. The van der Waals surface area contributed by atoms with Crippen LogP contribution in [0.1, 0.15) is 45.5 Å². The van der Waals surface area contributed by atoms with Gasteiger partial charge in [-0.05, 0) is 55.1 Å². The monoisotopic (exact) mass is 267 g/mol. The maximum absolute atomic E-state index is 12.5. The lowest BCUT2D eigenvalue weighted by atomic mass is 9.95. The highest BCUT2D eigenvalue weighted by molar-refractivity contribution is 6.09. The third-order valence-corrected chi connectivity index (χ3v) is 3.84. The maximum atomic E-state index is 12.5. The van der Waals surface area contributed by atoms with E-state index in [1.165, 1.54) is 5.56 Å². The van der Waals surface area contributed by atoms with E-state index in [4.69, 9.17) is 5.73 Å². The van der Waals surface area contributed by atoms with Gasteiger partial charge in [0.2, 0.25) is 0 Å². The van der Waals surface area contributed by atoms with Crippen LogP contribution in [0.15, 0.2) is 42.5 Å². The Kier molecular flexibility index (Phi) is 4.35. The third kappa shape index (κ3) is 2.97. The highest BCUT2D eigenvalue weighted by Crippen LogP contribution is 2.19. The van der Waals surface area contributed by atoms with E-state index in [-0.39, 0.29) is 11.7 Å². The van der Waals surface area contributed by atoms with Crippen LogP contribution in [0, 0.1) is 13.8 Å². The number of carbonyl (C=O) groups is 1. The molecular formula is C18H21NO. The normalized spacial score (nSPS) is 12.2. The molecule has 0 aliphatic rings. The van der Waals surface area contributed by atoms with Gasteiger partial charge < -0.3 is 5.73 Å². The molecule has 0 saturated carbocycles. The Balaban J connectivity index is 2.35. The molecule has 0 fully saturated rings. The zero-order valence-electron chi connectivity index (χ0n) is 12.3. The van der Waals surface area contributed by atoms with Crippen LogP contribution in [0.2, 0.25) is 0 Å². The summed E-state index contributed by atoms with van der Waals surface area (Å²) in [4.78, 5) is 12.5. The van der Waals surface area contributed by atoms with Gasteiger partial charge in [-0.3, -0.25) is 4.79 Å². The molecule has 2 nitrogen and oxygen atoms in total.